The second-order valence-electron chi connectivity index (χ2n) is 2.45. The molecule has 0 aromatic carbocycles. The number of ether oxygens (including phenoxy) is 1. The van der Waals surface area contributed by atoms with Crippen LogP contribution in [0.25, 0.3) is 0 Å². The van der Waals surface area contributed by atoms with Crippen LogP contribution < -0.4 is 5.32 Å². The zero-order chi connectivity index (χ0) is 9.23. The van der Waals surface area contributed by atoms with Crippen LogP contribution in [0.4, 0.5) is 4.79 Å². The van der Waals surface area contributed by atoms with Crippen molar-refractivity contribution >= 4 is 6.09 Å². The fourth-order valence-corrected chi connectivity index (χ4v) is 0.751. The first-order chi connectivity index (χ1) is 5.81. The highest BCUT2D eigenvalue weighted by Gasteiger charge is 1.96. The van der Waals surface area contributed by atoms with Crippen molar-refractivity contribution in [1.82, 2.24) is 5.32 Å². The molecule has 0 saturated carbocycles. The maximum absolute atomic E-state index is 10.7. The summed E-state index contributed by atoms with van der Waals surface area (Å²) in [5.41, 5.74) is 0. The largest absolute Gasteiger partial charge is 0.450 e. The summed E-state index contributed by atoms with van der Waals surface area (Å²) in [6, 6.07) is 0. The van der Waals surface area contributed by atoms with Crippen molar-refractivity contribution in [2.24, 2.45) is 0 Å². The molecule has 70 valence electrons. The number of hydrogen-bond donors (Lipinski definition) is 1. The fraction of sp³-hybridized carbons (Fsp3) is 0.667. The second-order valence-corrected chi connectivity index (χ2v) is 2.45. The van der Waals surface area contributed by atoms with Crippen LogP contribution in [0.15, 0.2) is 12.7 Å². The lowest BCUT2D eigenvalue weighted by molar-refractivity contribution is 0.145. The van der Waals surface area contributed by atoms with Crippen LogP contribution in [0.3, 0.4) is 0 Å². The number of alkyl carbamates (subject to hydrolysis) is 1. The number of hydrogen-bond acceptors (Lipinski definition) is 2. The molecule has 0 aromatic rings. The number of amides is 1. The van der Waals surface area contributed by atoms with Crippen LogP contribution in [-0.4, -0.2) is 19.2 Å². The average Bonchev–Trinajstić information content (AvgIpc) is 2.05. The molecule has 0 aliphatic rings. The molecule has 0 aliphatic carbocycles. The van der Waals surface area contributed by atoms with Crippen LogP contribution in [0.2, 0.25) is 0 Å². The molecule has 1 amide bonds. The van der Waals surface area contributed by atoms with E-state index in [0.717, 1.165) is 19.3 Å². The molecule has 0 unspecified atom stereocenters. The second kappa shape index (κ2) is 8.11. The van der Waals surface area contributed by atoms with Gasteiger partial charge in [-0.25, -0.2) is 4.79 Å². The van der Waals surface area contributed by atoms with Crippen LogP contribution in [0.1, 0.15) is 26.2 Å². The molecule has 3 heteroatoms. The molecule has 0 aliphatic heterocycles. The number of allylic oxidation sites excluding steroid dienone is 1. The Kier molecular flexibility index (Phi) is 7.44. The van der Waals surface area contributed by atoms with E-state index in [9.17, 15) is 4.79 Å². The minimum atomic E-state index is -0.323. The van der Waals surface area contributed by atoms with Crippen LogP contribution in [0.5, 0.6) is 0 Å². The number of rotatable bonds is 6. The van der Waals surface area contributed by atoms with E-state index in [2.05, 4.69) is 11.9 Å². The zero-order valence-electron chi connectivity index (χ0n) is 7.64. The van der Waals surface area contributed by atoms with Crippen molar-refractivity contribution in [3.8, 4) is 0 Å². The predicted molar refractivity (Wildman–Crippen MR) is 49.1 cm³/mol. The van der Waals surface area contributed by atoms with Crippen LogP contribution in [-0.2, 0) is 4.74 Å². The van der Waals surface area contributed by atoms with Crippen molar-refractivity contribution in [3.63, 3.8) is 0 Å². The van der Waals surface area contributed by atoms with Gasteiger partial charge < -0.3 is 10.1 Å². The van der Waals surface area contributed by atoms with Crippen molar-refractivity contribution in [2.75, 3.05) is 13.2 Å². The molecule has 0 radical (unpaired) electrons. The van der Waals surface area contributed by atoms with E-state index in [0.29, 0.717) is 13.2 Å². The average molecular weight is 171 g/mol. The highest BCUT2D eigenvalue weighted by molar-refractivity contribution is 5.66. The highest BCUT2D eigenvalue weighted by Crippen LogP contribution is 1.95. The minimum absolute atomic E-state index is 0.323. The number of nitrogens with one attached hydrogen (secondary N) is 1. The summed E-state index contributed by atoms with van der Waals surface area (Å²) in [7, 11) is 0. The molecular weight excluding hydrogens is 154 g/mol. The van der Waals surface area contributed by atoms with Crippen molar-refractivity contribution in [2.45, 2.75) is 26.2 Å². The van der Waals surface area contributed by atoms with Gasteiger partial charge in [-0.3, -0.25) is 0 Å². The van der Waals surface area contributed by atoms with Gasteiger partial charge in [-0.2, -0.15) is 0 Å². The smallest absolute Gasteiger partial charge is 0.407 e. The third-order valence-corrected chi connectivity index (χ3v) is 1.36. The van der Waals surface area contributed by atoms with E-state index >= 15 is 0 Å². The van der Waals surface area contributed by atoms with Gasteiger partial charge in [0.25, 0.3) is 0 Å². The van der Waals surface area contributed by atoms with Gasteiger partial charge >= 0.3 is 6.09 Å². The summed E-state index contributed by atoms with van der Waals surface area (Å²) in [5, 5.41) is 2.56. The molecule has 0 saturated heterocycles. The monoisotopic (exact) mass is 171 g/mol. The van der Waals surface area contributed by atoms with Crippen molar-refractivity contribution in [3.05, 3.63) is 12.7 Å². The van der Waals surface area contributed by atoms with Crippen molar-refractivity contribution in [1.29, 1.82) is 0 Å². The molecule has 12 heavy (non-hydrogen) atoms. The predicted octanol–water partition coefficient (Wildman–Crippen LogP) is 2.09. The van der Waals surface area contributed by atoms with E-state index < -0.39 is 0 Å². The van der Waals surface area contributed by atoms with Gasteiger partial charge in [0.05, 0.1) is 6.61 Å². The van der Waals surface area contributed by atoms with Crippen LogP contribution in [0, 0.1) is 0 Å². The molecule has 0 aromatic heterocycles. The topological polar surface area (TPSA) is 38.3 Å². The van der Waals surface area contributed by atoms with Gasteiger partial charge in [0, 0.05) is 6.54 Å². The number of unbranched alkanes of at least 4 members (excludes halogenated alkanes) is 2. The lowest BCUT2D eigenvalue weighted by atomic mass is 10.2. The Bertz CT molecular complexity index is 134. The van der Waals surface area contributed by atoms with E-state index in [-0.39, 0.29) is 6.09 Å². The molecular formula is C9H17NO2. The maximum atomic E-state index is 10.7. The van der Waals surface area contributed by atoms with Gasteiger partial charge in [0.1, 0.15) is 0 Å². The third kappa shape index (κ3) is 7.12. The van der Waals surface area contributed by atoms with E-state index in [1.165, 1.54) is 0 Å². The molecule has 0 rings (SSSR count). The molecule has 0 fully saturated rings. The summed E-state index contributed by atoms with van der Waals surface area (Å²) in [4.78, 5) is 10.7. The van der Waals surface area contributed by atoms with E-state index in [4.69, 9.17) is 4.74 Å². The molecule has 0 atom stereocenters. The highest BCUT2D eigenvalue weighted by atomic mass is 16.5. The Balaban J connectivity index is 3.08. The van der Waals surface area contributed by atoms with Crippen LogP contribution >= 0.6 is 0 Å². The maximum Gasteiger partial charge on any atom is 0.407 e. The molecule has 3 nitrogen and oxygen atoms in total. The SMILES string of the molecule is C=CCCCCOC(=O)NCC. The van der Waals surface area contributed by atoms with Gasteiger partial charge in [0.15, 0.2) is 0 Å². The third-order valence-electron chi connectivity index (χ3n) is 1.36. The Morgan fingerprint density at radius 2 is 2.33 bits per heavy atom. The lowest BCUT2D eigenvalue weighted by Gasteiger charge is -2.03. The summed E-state index contributed by atoms with van der Waals surface area (Å²) in [6.07, 6.45) is 4.47. The quantitative estimate of drug-likeness (QED) is 0.491. The van der Waals surface area contributed by atoms with Gasteiger partial charge in [-0.15, -0.1) is 6.58 Å². The zero-order valence-corrected chi connectivity index (χ0v) is 7.64. The van der Waals surface area contributed by atoms with Gasteiger partial charge in [0.2, 0.25) is 0 Å². The Labute approximate surface area is 73.8 Å². The van der Waals surface area contributed by atoms with Gasteiger partial charge in [-0.1, -0.05) is 6.08 Å². The summed E-state index contributed by atoms with van der Waals surface area (Å²) < 4.78 is 4.84. The Morgan fingerprint density at radius 3 is 2.92 bits per heavy atom. The fourth-order valence-electron chi connectivity index (χ4n) is 0.751. The Hall–Kier alpha value is -0.990. The normalized spacial score (nSPS) is 9.08. The molecule has 0 bridgehead atoms. The number of carbonyl (C=O) groups is 1. The standard InChI is InChI=1S/C9H17NO2/c1-3-5-6-7-8-12-9(11)10-4-2/h3H,1,4-8H2,2H3,(H,10,11). The summed E-state index contributed by atoms with van der Waals surface area (Å²) in [6.45, 7) is 6.58. The summed E-state index contributed by atoms with van der Waals surface area (Å²) >= 11 is 0. The number of carbonyl (C=O) groups excluding carboxylic acids is 1. The van der Waals surface area contributed by atoms with Crippen molar-refractivity contribution < 1.29 is 9.53 Å². The molecule has 0 heterocycles. The lowest BCUT2D eigenvalue weighted by Crippen LogP contribution is -2.23. The molecule has 1 N–H and O–H groups in total. The van der Waals surface area contributed by atoms with E-state index in [1.807, 2.05) is 13.0 Å². The Morgan fingerprint density at radius 1 is 1.58 bits per heavy atom. The first-order valence-electron chi connectivity index (χ1n) is 4.32. The molecule has 0 spiro atoms. The first-order valence-corrected chi connectivity index (χ1v) is 4.32. The van der Waals surface area contributed by atoms with E-state index in [1.54, 1.807) is 0 Å². The first kappa shape index (κ1) is 11.0. The van der Waals surface area contributed by atoms with Gasteiger partial charge in [-0.05, 0) is 26.2 Å². The minimum Gasteiger partial charge on any atom is -0.450 e. The summed E-state index contributed by atoms with van der Waals surface area (Å²) in [5.74, 6) is 0.